The Morgan fingerprint density at radius 3 is 1.87 bits per heavy atom. The first-order valence-corrected chi connectivity index (χ1v) is 7.19. The second kappa shape index (κ2) is 6.28. The summed E-state index contributed by atoms with van der Waals surface area (Å²) in [4.78, 5) is 23.5. The standard InChI is InChI=1S/C20H14O3/c21-19(17-7-4-8-18(13-17)20(22)23)16-11-9-15(10-12-16)14-5-2-1-3-6-14/h1-13H,(H,22,23). The number of hydrogen-bond donors (Lipinski definition) is 1. The number of carboxylic acid groups (broad SMARTS) is 1. The van der Waals surface area contributed by atoms with Crippen molar-refractivity contribution in [1.82, 2.24) is 0 Å². The van der Waals surface area contributed by atoms with Gasteiger partial charge in [0.05, 0.1) is 5.56 Å². The molecule has 3 rings (SSSR count). The van der Waals surface area contributed by atoms with Gasteiger partial charge >= 0.3 is 5.97 Å². The Kier molecular flexibility index (Phi) is 4.02. The Hall–Kier alpha value is -3.20. The highest BCUT2D eigenvalue weighted by Crippen LogP contribution is 2.20. The molecule has 3 aromatic carbocycles. The van der Waals surface area contributed by atoms with Gasteiger partial charge in [0.25, 0.3) is 0 Å². The van der Waals surface area contributed by atoms with Gasteiger partial charge in [-0.1, -0.05) is 66.7 Å². The van der Waals surface area contributed by atoms with Crippen molar-refractivity contribution >= 4 is 11.8 Å². The van der Waals surface area contributed by atoms with Crippen molar-refractivity contribution in [3.05, 3.63) is 95.6 Å². The fourth-order valence-electron chi connectivity index (χ4n) is 2.40. The summed E-state index contributed by atoms with van der Waals surface area (Å²) in [6.45, 7) is 0. The van der Waals surface area contributed by atoms with E-state index < -0.39 is 5.97 Å². The number of benzene rings is 3. The first-order valence-electron chi connectivity index (χ1n) is 7.19. The molecule has 3 aromatic rings. The van der Waals surface area contributed by atoms with Gasteiger partial charge in [0.2, 0.25) is 0 Å². The van der Waals surface area contributed by atoms with Gasteiger partial charge in [-0.3, -0.25) is 4.79 Å². The third-order valence-electron chi connectivity index (χ3n) is 3.63. The van der Waals surface area contributed by atoms with E-state index in [1.54, 1.807) is 24.3 Å². The fraction of sp³-hybridized carbons (Fsp3) is 0. The molecule has 3 nitrogen and oxygen atoms in total. The summed E-state index contributed by atoms with van der Waals surface area (Å²) in [7, 11) is 0. The van der Waals surface area contributed by atoms with Gasteiger partial charge in [-0.25, -0.2) is 4.79 Å². The van der Waals surface area contributed by atoms with Crippen LogP contribution in [0.5, 0.6) is 0 Å². The normalized spacial score (nSPS) is 10.3. The van der Waals surface area contributed by atoms with E-state index in [9.17, 15) is 9.59 Å². The molecule has 0 bridgehead atoms. The third-order valence-corrected chi connectivity index (χ3v) is 3.63. The minimum atomic E-state index is -1.04. The minimum Gasteiger partial charge on any atom is -0.478 e. The lowest BCUT2D eigenvalue weighted by atomic mass is 9.98. The number of carbonyl (C=O) groups excluding carboxylic acids is 1. The van der Waals surface area contributed by atoms with E-state index in [1.807, 2.05) is 42.5 Å². The molecular weight excluding hydrogens is 288 g/mol. The summed E-state index contributed by atoms with van der Waals surface area (Å²) < 4.78 is 0. The molecule has 0 aliphatic carbocycles. The lowest BCUT2D eigenvalue weighted by molar-refractivity contribution is 0.0697. The van der Waals surface area contributed by atoms with Crippen molar-refractivity contribution in [2.24, 2.45) is 0 Å². The van der Waals surface area contributed by atoms with Crippen LogP contribution in [0.4, 0.5) is 0 Å². The molecule has 0 amide bonds. The molecule has 0 atom stereocenters. The zero-order chi connectivity index (χ0) is 16.2. The largest absolute Gasteiger partial charge is 0.478 e. The van der Waals surface area contributed by atoms with Crippen molar-refractivity contribution in [2.45, 2.75) is 0 Å². The van der Waals surface area contributed by atoms with Crippen molar-refractivity contribution in [1.29, 1.82) is 0 Å². The number of hydrogen-bond acceptors (Lipinski definition) is 2. The zero-order valence-electron chi connectivity index (χ0n) is 12.3. The van der Waals surface area contributed by atoms with Crippen LogP contribution < -0.4 is 0 Å². The first kappa shape index (κ1) is 14.7. The molecule has 1 N–H and O–H groups in total. The number of carboxylic acids is 1. The van der Waals surface area contributed by atoms with E-state index >= 15 is 0 Å². The second-order valence-electron chi connectivity index (χ2n) is 5.16. The highest BCUT2D eigenvalue weighted by molar-refractivity contribution is 6.10. The zero-order valence-corrected chi connectivity index (χ0v) is 12.3. The van der Waals surface area contributed by atoms with E-state index in [-0.39, 0.29) is 11.3 Å². The fourth-order valence-corrected chi connectivity index (χ4v) is 2.40. The summed E-state index contributed by atoms with van der Waals surface area (Å²) in [6.07, 6.45) is 0. The van der Waals surface area contributed by atoms with E-state index in [4.69, 9.17) is 5.11 Å². The van der Waals surface area contributed by atoms with Crippen LogP contribution in [0, 0.1) is 0 Å². The van der Waals surface area contributed by atoms with Crippen LogP contribution >= 0.6 is 0 Å². The molecule has 0 radical (unpaired) electrons. The van der Waals surface area contributed by atoms with Crippen LogP contribution in [0.25, 0.3) is 11.1 Å². The Morgan fingerprint density at radius 2 is 1.22 bits per heavy atom. The van der Waals surface area contributed by atoms with Gasteiger partial charge in [-0.05, 0) is 23.3 Å². The summed E-state index contributed by atoms with van der Waals surface area (Å²) in [5, 5.41) is 9.01. The van der Waals surface area contributed by atoms with Crippen LogP contribution in [-0.2, 0) is 0 Å². The minimum absolute atomic E-state index is 0.108. The lowest BCUT2D eigenvalue weighted by Crippen LogP contribution is -2.04. The third kappa shape index (κ3) is 3.19. The maximum absolute atomic E-state index is 12.5. The molecule has 0 aliphatic heterocycles. The molecule has 23 heavy (non-hydrogen) atoms. The summed E-state index contributed by atoms with van der Waals surface area (Å²) in [6, 6.07) is 23.3. The Labute approximate surface area is 133 Å². The molecular formula is C20H14O3. The van der Waals surface area contributed by atoms with E-state index in [0.29, 0.717) is 11.1 Å². The molecule has 3 heteroatoms. The predicted octanol–water partition coefficient (Wildman–Crippen LogP) is 4.28. The monoisotopic (exact) mass is 302 g/mol. The van der Waals surface area contributed by atoms with Crippen molar-refractivity contribution in [2.75, 3.05) is 0 Å². The molecule has 0 saturated heterocycles. The molecule has 0 spiro atoms. The maximum atomic E-state index is 12.5. The lowest BCUT2D eigenvalue weighted by Gasteiger charge is -2.05. The molecule has 0 saturated carbocycles. The van der Waals surface area contributed by atoms with Gasteiger partial charge in [0.1, 0.15) is 0 Å². The summed E-state index contributed by atoms with van der Waals surface area (Å²) in [5.74, 6) is -1.23. The van der Waals surface area contributed by atoms with Crippen molar-refractivity contribution in [3.8, 4) is 11.1 Å². The highest BCUT2D eigenvalue weighted by Gasteiger charge is 2.11. The van der Waals surface area contributed by atoms with Crippen LogP contribution in [0.2, 0.25) is 0 Å². The van der Waals surface area contributed by atoms with Gasteiger partial charge in [-0.2, -0.15) is 0 Å². The Balaban J connectivity index is 1.89. The summed E-state index contributed by atoms with van der Waals surface area (Å²) in [5.41, 5.74) is 3.13. The van der Waals surface area contributed by atoms with Crippen LogP contribution in [0.3, 0.4) is 0 Å². The Morgan fingerprint density at radius 1 is 0.609 bits per heavy atom. The molecule has 0 fully saturated rings. The van der Waals surface area contributed by atoms with Gasteiger partial charge in [0, 0.05) is 11.1 Å². The molecule has 0 aromatic heterocycles. The van der Waals surface area contributed by atoms with Crippen molar-refractivity contribution < 1.29 is 14.7 Å². The maximum Gasteiger partial charge on any atom is 0.335 e. The topological polar surface area (TPSA) is 54.4 Å². The number of carbonyl (C=O) groups is 2. The molecule has 0 heterocycles. The number of rotatable bonds is 4. The molecule has 0 aliphatic rings. The second-order valence-corrected chi connectivity index (χ2v) is 5.16. The summed E-state index contributed by atoms with van der Waals surface area (Å²) >= 11 is 0. The van der Waals surface area contributed by atoms with Gasteiger partial charge in [-0.15, -0.1) is 0 Å². The van der Waals surface area contributed by atoms with Crippen LogP contribution in [-0.4, -0.2) is 16.9 Å². The highest BCUT2D eigenvalue weighted by atomic mass is 16.4. The van der Waals surface area contributed by atoms with E-state index in [0.717, 1.165) is 11.1 Å². The van der Waals surface area contributed by atoms with E-state index in [1.165, 1.54) is 12.1 Å². The molecule has 0 unspecified atom stereocenters. The number of ketones is 1. The number of aromatic carboxylic acids is 1. The molecule has 112 valence electrons. The average Bonchev–Trinajstić information content (AvgIpc) is 2.62. The first-order chi connectivity index (χ1) is 11.1. The SMILES string of the molecule is O=C(O)c1cccc(C(=O)c2ccc(-c3ccccc3)cc2)c1. The van der Waals surface area contributed by atoms with E-state index in [2.05, 4.69) is 0 Å². The van der Waals surface area contributed by atoms with Crippen LogP contribution in [0.1, 0.15) is 26.3 Å². The van der Waals surface area contributed by atoms with Crippen molar-refractivity contribution in [3.63, 3.8) is 0 Å². The Bertz CT molecular complexity index is 850. The predicted molar refractivity (Wildman–Crippen MR) is 88.7 cm³/mol. The average molecular weight is 302 g/mol. The smallest absolute Gasteiger partial charge is 0.335 e. The van der Waals surface area contributed by atoms with Gasteiger partial charge in [0.15, 0.2) is 5.78 Å². The quantitative estimate of drug-likeness (QED) is 0.732. The van der Waals surface area contributed by atoms with Crippen LogP contribution in [0.15, 0.2) is 78.9 Å². The van der Waals surface area contributed by atoms with Gasteiger partial charge < -0.3 is 5.11 Å².